The van der Waals surface area contributed by atoms with Crippen molar-refractivity contribution in [2.45, 2.75) is 32.2 Å². The molecule has 3 heterocycles. The lowest BCUT2D eigenvalue weighted by atomic mass is 9.80. The van der Waals surface area contributed by atoms with Crippen LogP contribution in [0.5, 0.6) is 5.75 Å². The number of piperidine rings is 1. The maximum atomic E-state index is 11.9. The number of nitrogens with zero attached hydrogens (tertiary/aromatic N) is 1. The monoisotopic (exact) mass is 354 g/mol. The number of carbonyl (C=O) groups excluding carboxylic acids is 1. The summed E-state index contributed by atoms with van der Waals surface area (Å²) in [5, 5.41) is 1.21. The molecule has 2 aliphatic rings. The van der Waals surface area contributed by atoms with Gasteiger partial charge in [0.05, 0.1) is 26.7 Å². The summed E-state index contributed by atoms with van der Waals surface area (Å²) in [6.45, 7) is 4.03. The molecule has 2 aliphatic heterocycles. The fourth-order valence-corrected chi connectivity index (χ4v) is 4.68. The molecule has 1 aromatic heterocycles. The molecule has 0 spiro atoms. The smallest absolute Gasteiger partial charge is 0.306 e. The topological polar surface area (TPSA) is 54.6 Å². The molecule has 1 N–H and O–H groups in total. The summed E-state index contributed by atoms with van der Waals surface area (Å²) in [4.78, 5) is 18.1. The number of aromatic amines is 1. The molecule has 0 amide bonds. The van der Waals surface area contributed by atoms with E-state index in [1.54, 1.807) is 7.11 Å². The summed E-state index contributed by atoms with van der Waals surface area (Å²) < 4.78 is 10.5. The summed E-state index contributed by atoms with van der Waals surface area (Å²) in [5.41, 5.74) is 5.15. The highest BCUT2D eigenvalue weighted by atomic mass is 16.5. The molecule has 26 heavy (non-hydrogen) atoms. The Morgan fingerprint density at radius 1 is 1.38 bits per heavy atom. The standard InChI is InChI=1S/C21H26N2O3/c1-4-13-12-23-9-8-15-20-16(6-5-7-18(20)25-2)22-21(15)17(23)10-14(13)11-19(24)26-3/h4-7,14,17,22H,8-12H2,1-3H3/b13-4-/t14-,17+/m1/s1. The van der Waals surface area contributed by atoms with Gasteiger partial charge in [0, 0.05) is 29.7 Å². The van der Waals surface area contributed by atoms with Gasteiger partial charge in [-0.3, -0.25) is 9.69 Å². The van der Waals surface area contributed by atoms with Crippen molar-refractivity contribution in [1.29, 1.82) is 0 Å². The number of nitrogens with one attached hydrogen (secondary N) is 1. The summed E-state index contributed by atoms with van der Waals surface area (Å²) in [6.07, 6.45) is 4.59. The van der Waals surface area contributed by atoms with E-state index in [0.29, 0.717) is 12.5 Å². The number of hydrogen-bond acceptors (Lipinski definition) is 4. The van der Waals surface area contributed by atoms with Crippen molar-refractivity contribution in [1.82, 2.24) is 9.88 Å². The lowest BCUT2D eigenvalue weighted by Gasteiger charge is -2.43. The van der Waals surface area contributed by atoms with Crippen LogP contribution in [0, 0.1) is 5.92 Å². The van der Waals surface area contributed by atoms with Crippen molar-refractivity contribution in [3.63, 3.8) is 0 Å². The van der Waals surface area contributed by atoms with Crippen molar-refractivity contribution in [2.24, 2.45) is 5.92 Å². The van der Waals surface area contributed by atoms with Crippen molar-refractivity contribution in [2.75, 3.05) is 27.3 Å². The number of allylic oxidation sites excluding steroid dienone is 1. The van der Waals surface area contributed by atoms with Gasteiger partial charge in [-0.25, -0.2) is 0 Å². The van der Waals surface area contributed by atoms with E-state index in [2.05, 4.69) is 29.0 Å². The first kappa shape index (κ1) is 17.2. The second-order valence-corrected chi connectivity index (χ2v) is 7.21. The van der Waals surface area contributed by atoms with Gasteiger partial charge < -0.3 is 14.5 Å². The van der Waals surface area contributed by atoms with Gasteiger partial charge in [0.15, 0.2) is 0 Å². The molecule has 2 aromatic rings. The highest BCUT2D eigenvalue weighted by molar-refractivity contribution is 5.91. The Morgan fingerprint density at radius 2 is 2.23 bits per heavy atom. The number of esters is 1. The van der Waals surface area contributed by atoms with E-state index >= 15 is 0 Å². The quantitative estimate of drug-likeness (QED) is 0.676. The number of fused-ring (bicyclic) bond motifs is 5. The summed E-state index contributed by atoms with van der Waals surface area (Å²) in [7, 11) is 3.20. The average molecular weight is 354 g/mol. The van der Waals surface area contributed by atoms with Crippen LogP contribution < -0.4 is 4.74 Å². The Labute approximate surface area is 154 Å². The van der Waals surface area contributed by atoms with Gasteiger partial charge in [0.2, 0.25) is 0 Å². The van der Waals surface area contributed by atoms with Crippen LogP contribution in [0.3, 0.4) is 0 Å². The van der Waals surface area contributed by atoms with Crippen molar-refractivity contribution >= 4 is 16.9 Å². The van der Waals surface area contributed by atoms with E-state index in [9.17, 15) is 4.79 Å². The van der Waals surface area contributed by atoms with Crippen LogP contribution in [0.4, 0.5) is 0 Å². The van der Waals surface area contributed by atoms with Crippen LogP contribution in [0.1, 0.15) is 37.1 Å². The lowest BCUT2D eigenvalue weighted by Crippen LogP contribution is -2.43. The van der Waals surface area contributed by atoms with Crippen LogP contribution in [0.25, 0.3) is 10.9 Å². The molecule has 5 heteroatoms. The Kier molecular flexibility index (Phi) is 4.49. The van der Waals surface area contributed by atoms with E-state index in [-0.39, 0.29) is 11.9 Å². The molecule has 1 aromatic carbocycles. The third kappa shape index (κ3) is 2.71. The normalized spacial score (nSPS) is 24.3. The molecule has 0 bridgehead atoms. The van der Waals surface area contributed by atoms with Crippen LogP contribution in [-0.4, -0.2) is 43.2 Å². The zero-order valence-corrected chi connectivity index (χ0v) is 15.7. The molecule has 1 saturated heterocycles. The predicted octanol–water partition coefficient (Wildman–Crippen LogP) is 3.61. The van der Waals surface area contributed by atoms with E-state index in [1.807, 2.05) is 12.1 Å². The minimum atomic E-state index is -0.128. The third-order valence-corrected chi connectivity index (χ3v) is 5.99. The maximum absolute atomic E-state index is 11.9. The molecule has 4 rings (SSSR count). The molecule has 1 fully saturated rings. The van der Waals surface area contributed by atoms with Crippen molar-refractivity contribution < 1.29 is 14.3 Å². The number of H-pyrrole nitrogens is 1. The fourth-order valence-electron chi connectivity index (χ4n) is 4.68. The van der Waals surface area contributed by atoms with E-state index < -0.39 is 0 Å². The Bertz CT molecular complexity index is 868. The minimum absolute atomic E-state index is 0.128. The molecule has 5 nitrogen and oxygen atoms in total. The Balaban J connectivity index is 1.73. The number of rotatable bonds is 3. The van der Waals surface area contributed by atoms with Crippen molar-refractivity contribution in [3.05, 3.63) is 41.1 Å². The highest BCUT2D eigenvalue weighted by Crippen LogP contribution is 2.45. The van der Waals surface area contributed by atoms with Gasteiger partial charge in [-0.2, -0.15) is 0 Å². The number of aromatic nitrogens is 1. The van der Waals surface area contributed by atoms with Crippen LogP contribution in [0.15, 0.2) is 29.8 Å². The number of hydrogen-bond donors (Lipinski definition) is 1. The first-order valence-corrected chi connectivity index (χ1v) is 9.29. The summed E-state index contributed by atoms with van der Waals surface area (Å²) >= 11 is 0. The molecular weight excluding hydrogens is 328 g/mol. The molecule has 0 radical (unpaired) electrons. The second-order valence-electron chi connectivity index (χ2n) is 7.21. The lowest BCUT2D eigenvalue weighted by molar-refractivity contribution is -0.141. The van der Waals surface area contributed by atoms with Gasteiger partial charge in [-0.05, 0) is 43.4 Å². The van der Waals surface area contributed by atoms with E-state index in [1.165, 1.54) is 29.3 Å². The minimum Gasteiger partial charge on any atom is -0.496 e. The zero-order valence-electron chi connectivity index (χ0n) is 15.7. The number of carbonyl (C=O) groups is 1. The van der Waals surface area contributed by atoms with Crippen LogP contribution in [0.2, 0.25) is 0 Å². The Morgan fingerprint density at radius 3 is 2.96 bits per heavy atom. The highest BCUT2D eigenvalue weighted by Gasteiger charge is 2.38. The second kappa shape index (κ2) is 6.80. The number of benzene rings is 1. The van der Waals surface area contributed by atoms with Crippen molar-refractivity contribution in [3.8, 4) is 5.75 Å². The summed E-state index contributed by atoms with van der Waals surface area (Å²) in [5.74, 6) is 1.05. The molecule has 138 valence electrons. The van der Waals surface area contributed by atoms with E-state index in [0.717, 1.165) is 37.2 Å². The SMILES string of the molecule is C/C=C1/CN2CCc3c([nH]c4cccc(OC)c34)[C@@H]2C[C@@H]1CC(=O)OC. The molecule has 0 aliphatic carbocycles. The van der Waals surface area contributed by atoms with Crippen LogP contribution >= 0.6 is 0 Å². The molecule has 0 saturated carbocycles. The van der Waals surface area contributed by atoms with Gasteiger partial charge in [-0.1, -0.05) is 17.7 Å². The number of ether oxygens (including phenoxy) is 2. The third-order valence-electron chi connectivity index (χ3n) is 5.99. The Hall–Kier alpha value is -2.27. The first-order valence-electron chi connectivity index (χ1n) is 9.29. The fraction of sp³-hybridized carbons (Fsp3) is 0.476. The van der Waals surface area contributed by atoms with Gasteiger partial charge >= 0.3 is 5.97 Å². The molecule has 0 unspecified atom stereocenters. The van der Waals surface area contributed by atoms with Gasteiger partial charge in [-0.15, -0.1) is 0 Å². The van der Waals surface area contributed by atoms with E-state index in [4.69, 9.17) is 9.47 Å². The number of methoxy groups -OCH3 is 2. The average Bonchev–Trinajstić information content (AvgIpc) is 3.06. The first-order chi connectivity index (χ1) is 12.7. The molecular formula is C21H26N2O3. The largest absolute Gasteiger partial charge is 0.496 e. The zero-order chi connectivity index (χ0) is 18.3. The predicted molar refractivity (Wildman–Crippen MR) is 101 cm³/mol. The van der Waals surface area contributed by atoms with Gasteiger partial charge in [0.25, 0.3) is 0 Å². The van der Waals surface area contributed by atoms with Gasteiger partial charge in [0.1, 0.15) is 5.75 Å². The summed E-state index contributed by atoms with van der Waals surface area (Å²) in [6, 6.07) is 6.49. The maximum Gasteiger partial charge on any atom is 0.306 e. The van der Waals surface area contributed by atoms with Crippen LogP contribution in [-0.2, 0) is 16.0 Å². The molecule has 2 atom stereocenters.